The number of halogens is 2. The number of carbonyl (C=O) groups is 1. The molecule has 0 bridgehead atoms. The van der Waals surface area contributed by atoms with Crippen LogP contribution >= 0.6 is 27.7 Å². The van der Waals surface area contributed by atoms with E-state index in [1.165, 1.54) is 6.07 Å². The molecule has 0 atom stereocenters. The maximum absolute atomic E-state index is 13.6. The number of imidazole rings is 1. The van der Waals surface area contributed by atoms with Crippen LogP contribution in [-0.2, 0) is 11.3 Å². The molecule has 0 aliphatic carbocycles. The van der Waals surface area contributed by atoms with E-state index < -0.39 is 11.8 Å². The average Bonchev–Trinajstić information content (AvgIpc) is 2.65. The number of nitrogens with zero attached hydrogens (tertiary/aromatic N) is 2. The van der Waals surface area contributed by atoms with Crippen LogP contribution in [0, 0.1) is 5.82 Å². The van der Waals surface area contributed by atoms with Gasteiger partial charge in [0, 0.05) is 12.6 Å². The molecule has 0 spiro atoms. The molecular formula is C13H12BrFN2O2S. The van der Waals surface area contributed by atoms with Gasteiger partial charge in [-0.2, -0.15) is 0 Å². The first-order chi connectivity index (χ1) is 9.38. The van der Waals surface area contributed by atoms with Gasteiger partial charge in [-0.15, -0.1) is 0 Å². The van der Waals surface area contributed by atoms with Gasteiger partial charge in [-0.05, 0) is 28.9 Å². The molecular weight excluding hydrogens is 347 g/mol. The van der Waals surface area contributed by atoms with Crippen molar-refractivity contribution in [3.8, 4) is 0 Å². The van der Waals surface area contributed by atoms with Crippen LogP contribution in [0.4, 0.5) is 4.39 Å². The zero-order valence-corrected chi connectivity index (χ0v) is 13.1. The first-order valence-corrected chi connectivity index (χ1v) is 7.50. The van der Waals surface area contributed by atoms with E-state index in [4.69, 9.17) is 5.11 Å². The molecule has 0 radical (unpaired) electrons. The second-order valence-electron chi connectivity index (χ2n) is 4.38. The lowest BCUT2D eigenvalue weighted by Gasteiger charge is -2.08. The lowest BCUT2D eigenvalue weighted by molar-refractivity contribution is -0.133. The molecule has 0 fully saturated rings. The Bertz CT molecular complexity index is 699. The summed E-state index contributed by atoms with van der Waals surface area (Å²) in [5.41, 5.74) is 2.15. The van der Waals surface area contributed by atoms with Crippen molar-refractivity contribution in [1.82, 2.24) is 9.55 Å². The van der Waals surface area contributed by atoms with Gasteiger partial charge >= 0.3 is 5.97 Å². The summed E-state index contributed by atoms with van der Waals surface area (Å²) in [6, 6.07) is 2.98. The predicted molar refractivity (Wildman–Crippen MR) is 80.6 cm³/mol. The highest BCUT2D eigenvalue weighted by Gasteiger charge is 2.15. The van der Waals surface area contributed by atoms with Gasteiger partial charge in [0.25, 0.3) is 0 Å². The van der Waals surface area contributed by atoms with Gasteiger partial charge in [-0.3, -0.25) is 4.79 Å². The zero-order valence-electron chi connectivity index (χ0n) is 10.7. The fourth-order valence-corrected chi connectivity index (χ4v) is 2.82. The molecule has 1 aromatic carbocycles. The van der Waals surface area contributed by atoms with Crippen molar-refractivity contribution in [1.29, 1.82) is 0 Å². The molecule has 0 unspecified atom stereocenters. The Morgan fingerprint density at radius 1 is 1.60 bits per heavy atom. The van der Waals surface area contributed by atoms with E-state index in [1.54, 1.807) is 6.07 Å². The van der Waals surface area contributed by atoms with Gasteiger partial charge < -0.3 is 9.67 Å². The monoisotopic (exact) mass is 358 g/mol. The second-order valence-corrected chi connectivity index (χ2v) is 6.17. The molecule has 7 heteroatoms. The molecule has 2 aromatic rings. The fraction of sp³-hybridized carbons (Fsp3) is 0.231. The second kappa shape index (κ2) is 5.97. The van der Waals surface area contributed by atoms with E-state index in [2.05, 4.69) is 27.5 Å². The van der Waals surface area contributed by atoms with Gasteiger partial charge in [0.15, 0.2) is 5.16 Å². The highest BCUT2D eigenvalue weighted by molar-refractivity contribution is 9.10. The largest absolute Gasteiger partial charge is 0.481 e. The molecule has 0 aliphatic rings. The Morgan fingerprint density at radius 3 is 2.90 bits per heavy atom. The molecule has 0 saturated heterocycles. The Balaban J connectivity index is 2.54. The molecule has 1 aromatic heterocycles. The van der Waals surface area contributed by atoms with Crippen molar-refractivity contribution in [2.24, 2.45) is 0 Å². The zero-order chi connectivity index (χ0) is 14.9. The van der Waals surface area contributed by atoms with Crippen molar-refractivity contribution in [2.75, 3.05) is 5.75 Å². The Morgan fingerprint density at radius 2 is 2.30 bits per heavy atom. The van der Waals surface area contributed by atoms with Gasteiger partial charge in [0.2, 0.25) is 0 Å². The lowest BCUT2D eigenvalue weighted by Crippen LogP contribution is -2.04. The maximum atomic E-state index is 13.6. The number of rotatable bonds is 5. The quantitative estimate of drug-likeness (QED) is 0.654. The van der Waals surface area contributed by atoms with Crippen molar-refractivity contribution in [3.63, 3.8) is 0 Å². The minimum atomic E-state index is -0.920. The average molecular weight is 359 g/mol. The van der Waals surface area contributed by atoms with Gasteiger partial charge in [-0.25, -0.2) is 9.37 Å². The number of benzene rings is 1. The summed E-state index contributed by atoms with van der Waals surface area (Å²) in [5.74, 6) is -1.41. The minimum absolute atomic E-state index is 0.0941. The Hall–Kier alpha value is -1.34. The van der Waals surface area contributed by atoms with Crippen LogP contribution in [0.15, 0.2) is 33.9 Å². The van der Waals surface area contributed by atoms with Gasteiger partial charge in [0.1, 0.15) is 5.82 Å². The summed E-state index contributed by atoms with van der Waals surface area (Å²) in [5, 5.41) is 9.31. The van der Waals surface area contributed by atoms with Crippen molar-refractivity contribution in [3.05, 3.63) is 34.6 Å². The van der Waals surface area contributed by atoms with E-state index in [0.29, 0.717) is 21.7 Å². The Labute approximate surface area is 127 Å². The summed E-state index contributed by atoms with van der Waals surface area (Å²) in [7, 11) is 0. The number of carboxylic acid groups (broad SMARTS) is 1. The van der Waals surface area contributed by atoms with Crippen LogP contribution in [0.1, 0.15) is 6.92 Å². The van der Waals surface area contributed by atoms with Crippen LogP contribution in [0.5, 0.6) is 0 Å². The number of hydrogen-bond acceptors (Lipinski definition) is 3. The van der Waals surface area contributed by atoms with Crippen LogP contribution in [0.3, 0.4) is 0 Å². The molecule has 0 amide bonds. The van der Waals surface area contributed by atoms with Gasteiger partial charge in [0.05, 0.1) is 21.3 Å². The number of aromatic nitrogens is 2. The third kappa shape index (κ3) is 3.21. The SMILES string of the molecule is C=C(C)Cn1c(SCC(=O)O)nc2cc(F)c(Br)cc21. The highest BCUT2D eigenvalue weighted by Crippen LogP contribution is 2.28. The molecule has 1 N–H and O–H groups in total. The number of fused-ring (bicyclic) bond motifs is 1. The molecule has 20 heavy (non-hydrogen) atoms. The van der Waals surface area contributed by atoms with E-state index >= 15 is 0 Å². The molecule has 106 valence electrons. The van der Waals surface area contributed by atoms with E-state index in [0.717, 1.165) is 22.9 Å². The summed E-state index contributed by atoms with van der Waals surface area (Å²) >= 11 is 4.26. The lowest BCUT2D eigenvalue weighted by atomic mass is 10.3. The molecule has 1 heterocycles. The molecule has 0 aliphatic heterocycles. The van der Waals surface area contributed by atoms with Crippen LogP contribution in [0.25, 0.3) is 11.0 Å². The normalized spacial score (nSPS) is 10.9. The summed E-state index contributed by atoms with van der Waals surface area (Å²) in [4.78, 5) is 15.0. The fourth-order valence-electron chi connectivity index (χ4n) is 1.76. The third-order valence-electron chi connectivity index (χ3n) is 2.51. The van der Waals surface area contributed by atoms with Crippen molar-refractivity contribution in [2.45, 2.75) is 18.6 Å². The minimum Gasteiger partial charge on any atom is -0.481 e. The number of thioether (sulfide) groups is 1. The number of allylic oxidation sites excluding steroid dienone is 1. The van der Waals surface area contributed by atoms with Crippen LogP contribution in [-0.4, -0.2) is 26.4 Å². The molecule has 4 nitrogen and oxygen atoms in total. The standard InChI is InChI=1S/C13H12BrFN2O2S/c1-7(2)5-17-11-3-8(14)9(15)4-10(11)16-13(17)20-6-12(18)19/h3-4H,1,5-6H2,2H3,(H,18,19). The predicted octanol–water partition coefficient (Wildman–Crippen LogP) is 3.69. The summed E-state index contributed by atoms with van der Waals surface area (Å²) < 4.78 is 15.7. The van der Waals surface area contributed by atoms with Gasteiger partial charge in [-0.1, -0.05) is 23.9 Å². The summed E-state index contributed by atoms with van der Waals surface area (Å²) in [6.45, 7) is 6.23. The van der Waals surface area contributed by atoms with Crippen LogP contribution in [0.2, 0.25) is 0 Å². The highest BCUT2D eigenvalue weighted by atomic mass is 79.9. The third-order valence-corrected chi connectivity index (χ3v) is 4.08. The first kappa shape index (κ1) is 15.1. The maximum Gasteiger partial charge on any atom is 0.313 e. The summed E-state index contributed by atoms with van der Waals surface area (Å²) in [6.07, 6.45) is 0. The topological polar surface area (TPSA) is 55.1 Å². The van der Waals surface area contributed by atoms with Crippen molar-refractivity contribution >= 4 is 44.7 Å². The number of hydrogen-bond donors (Lipinski definition) is 1. The first-order valence-electron chi connectivity index (χ1n) is 5.72. The van der Waals surface area contributed by atoms with Crippen LogP contribution < -0.4 is 0 Å². The Kier molecular flexibility index (Phi) is 4.49. The molecule has 0 saturated carbocycles. The smallest absolute Gasteiger partial charge is 0.313 e. The number of carboxylic acids is 1. The van der Waals surface area contributed by atoms with E-state index in [-0.39, 0.29) is 5.75 Å². The van der Waals surface area contributed by atoms with E-state index in [9.17, 15) is 9.18 Å². The number of aliphatic carboxylic acids is 1. The van der Waals surface area contributed by atoms with E-state index in [1.807, 2.05) is 11.5 Å². The van der Waals surface area contributed by atoms with Crippen molar-refractivity contribution < 1.29 is 14.3 Å². The molecule has 2 rings (SSSR count).